The number of carboxylic acids is 1. The van der Waals surface area contributed by atoms with Crippen LogP contribution in [0.25, 0.3) is 0 Å². The standard InChI is InChI=1S/C10H20N2O3.C2HF3O2/c1-12(2)10(14)9-6-8(7-11-9)15-5-3-4-13;3-2(4,5)1(6)7/h8-9,11,13H,3-7H2,1-2H3;(H,6,7)/t8-,9+;/m1./s1. The number of hydrogen-bond acceptors (Lipinski definition) is 5. The average Bonchev–Trinajstić information content (AvgIpc) is 2.86. The molecule has 130 valence electrons. The lowest BCUT2D eigenvalue weighted by molar-refractivity contribution is -0.192. The summed E-state index contributed by atoms with van der Waals surface area (Å²) in [4.78, 5) is 22.1. The molecule has 0 saturated carbocycles. The molecule has 2 atom stereocenters. The first-order valence-electron chi connectivity index (χ1n) is 6.56. The molecule has 7 nitrogen and oxygen atoms in total. The van der Waals surface area contributed by atoms with Gasteiger partial charge in [-0.3, -0.25) is 4.79 Å². The second kappa shape index (κ2) is 9.59. The van der Waals surface area contributed by atoms with E-state index in [4.69, 9.17) is 19.7 Å². The van der Waals surface area contributed by atoms with Crippen LogP contribution < -0.4 is 5.32 Å². The first-order chi connectivity index (χ1) is 10.1. The molecule has 1 amide bonds. The van der Waals surface area contributed by atoms with Crippen molar-refractivity contribution < 1.29 is 37.7 Å². The maximum absolute atomic E-state index is 11.6. The van der Waals surface area contributed by atoms with Crippen LogP contribution in [0.4, 0.5) is 13.2 Å². The highest BCUT2D eigenvalue weighted by molar-refractivity contribution is 5.81. The Morgan fingerprint density at radius 3 is 2.32 bits per heavy atom. The van der Waals surface area contributed by atoms with Gasteiger partial charge in [0.05, 0.1) is 12.1 Å². The lowest BCUT2D eigenvalue weighted by Gasteiger charge is -2.16. The zero-order valence-electron chi connectivity index (χ0n) is 12.4. The normalized spacial score (nSPS) is 21.0. The molecule has 3 N–H and O–H groups in total. The number of nitrogens with one attached hydrogen (secondary N) is 1. The summed E-state index contributed by atoms with van der Waals surface area (Å²) in [7, 11) is 3.51. The number of alkyl halides is 3. The van der Waals surface area contributed by atoms with Gasteiger partial charge in [0.2, 0.25) is 5.91 Å². The third-order valence-corrected chi connectivity index (χ3v) is 2.73. The number of aliphatic hydroxyl groups excluding tert-OH is 1. The van der Waals surface area contributed by atoms with Crippen molar-refractivity contribution in [3.8, 4) is 0 Å². The lowest BCUT2D eigenvalue weighted by atomic mass is 10.2. The summed E-state index contributed by atoms with van der Waals surface area (Å²) in [5, 5.41) is 18.9. The Morgan fingerprint density at radius 2 is 1.91 bits per heavy atom. The number of hydrogen-bond donors (Lipinski definition) is 3. The highest BCUT2D eigenvalue weighted by Crippen LogP contribution is 2.13. The molecule has 0 aromatic heterocycles. The van der Waals surface area contributed by atoms with Crippen molar-refractivity contribution in [1.82, 2.24) is 10.2 Å². The number of aliphatic carboxylic acids is 1. The predicted octanol–water partition coefficient (Wildman–Crippen LogP) is -0.163. The first-order valence-corrected chi connectivity index (χ1v) is 6.56. The largest absolute Gasteiger partial charge is 0.490 e. The van der Waals surface area contributed by atoms with Crippen molar-refractivity contribution in [1.29, 1.82) is 0 Å². The van der Waals surface area contributed by atoms with Crippen LogP contribution >= 0.6 is 0 Å². The van der Waals surface area contributed by atoms with Crippen LogP contribution in [0.2, 0.25) is 0 Å². The van der Waals surface area contributed by atoms with E-state index in [2.05, 4.69) is 5.32 Å². The van der Waals surface area contributed by atoms with Crippen LogP contribution in [0.15, 0.2) is 0 Å². The van der Waals surface area contributed by atoms with E-state index in [1.54, 1.807) is 19.0 Å². The van der Waals surface area contributed by atoms with E-state index in [0.29, 0.717) is 13.0 Å². The Kier molecular flexibility index (Phi) is 8.99. The minimum atomic E-state index is -5.08. The fourth-order valence-electron chi connectivity index (χ4n) is 1.64. The number of carboxylic acid groups (broad SMARTS) is 1. The van der Waals surface area contributed by atoms with E-state index in [9.17, 15) is 18.0 Å². The molecule has 1 aliphatic rings. The zero-order chi connectivity index (χ0) is 17.3. The van der Waals surface area contributed by atoms with E-state index in [1.165, 1.54) is 0 Å². The van der Waals surface area contributed by atoms with Gasteiger partial charge in [0.15, 0.2) is 0 Å². The minimum Gasteiger partial charge on any atom is -0.475 e. The number of halogens is 3. The molecule has 0 aliphatic carbocycles. The number of nitrogens with zero attached hydrogens (tertiary/aromatic N) is 1. The molecule has 0 aromatic carbocycles. The van der Waals surface area contributed by atoms with Crippen molar-refractivity contribution in [2.75, 3.05) is 33.9 Å². The Morgan fingerprint density at radius 1 is 1.36 bits per heavy atom. The van der Waals surface area contributed by atoms with Crippen molar-refractivity contribution >= 4 is 11.9 Å². The second-order valence-electron chi connectivity index (χ2n) is 4.80. The number of rotatable bonds is 5. The molecule has 0 aromatic rings. The first kappa shape index (κ1) is 20.6. The van der Waals surface area contributed by atoms with Crippen molar-refractivity contribution in [3.63, 3.8) is 0 Å². The molecule has 0 bridgehead atoms. The lowest BCUT2D eigenvalue weighted by Crippen LogP contribution is -2.39. The molecule has 1 heterocycles. The van der Waals surface area contributed by atoms with Gasteiger partial charge in [0.25, 0.3) is 0 Å². The molecular weight excluding hydrogens is 309 g/mol. The van der Waals surface area contributed by atoms with Crippen LogP contribution in [0.5, 0.6) is 0 Å². The van der Waals surface area contributed by atoms with Crippen LogP contribution in [-0.4, -0.2) is 79.2 Å². The van der Waals surface area contributed by atoms with E-state index < -0.39 is 12.1 Å². The maximum atomic E-state index is 11.6. The van der Waals surface area contributed by atoms with E-state index >= 15 is 0 Å². The molecule has 0 radical (unpaired) electrons. The summed E-state index contributed by atoms with van der Waals surface area (Å²) in [6, 6.07) is -0.112. The summed E-state index contributed by atoms with van der Waals surface area (Å²) in [5.74, 6) is -2.66. The Labute approximate surface area is 126 Å². The van der Waals surface area contributed by atoms with Crippen LogP contribution in [0.1, 0.15) is 12.8 Å². The Balaban J connectivity index is 0.000000534. The topological polar surface area (TPSA) is 99.1 Å². The summed E-state index contributed by atoms with van der Waals surface area (Å²) in [6.45, 7) is 1.43. The molecule has 0 unspecified atom stereocenters. The number of ether oxygens (including phenoxy) is 1. The second-order valence-corrected chi connectivity index (χ2v) is 4.80. The van der Waals surface area contributed by atoms with Gasteiger partial charge in [-0.05, 0) is 12.8 Å². The molecule has 1 rings (SSSR count). The van der Waals surface area contributed by atoms with Gasteiger partial charge in [-0.25, -0.2) is 4.79 Å². The molecule has 0 spiro atoms. The van der Waals surface area contributed by atoms with Gasteiger partial charge in [-0.15, -0.1) is 0 Å². The minimum absolute atomic E-state index is 0.100. The zero-order valence-corrected chi connectivity index (χ0v) is 12.4. The third-order valence-electron chi connectivity index (χ3n) is 2.73. The summed E-state index contributed by atoms with van der Waals surface area (Å²) >= 11 is 0. The van der Waals surface area contributed by atoms with Gasteiger partial charge in [0, 0.05) is 33.9 Å². The smallest absolute Gasteiger partial charge is 0.475 e. The number of aliphatic hydroxyl groups is 1. The Bertz CT molecular complexity index is 363. The van der Waals surface area contributed by atoms with Gasteiger partial charge in [-0.2, -0.15) is 13.2 Å². The molecule has 1 saturated heterocycles. The monoisotopic (exact) mass is 330 g/mol. The molecular formula is C12H21F3N2O5. The van der Waals surface area contributed by atoms with Gasteiger partial charge < -0.3 is 25.2 Å². The van der Waals surface area contributed by atoms with E-state index in [-0.39, 0.29) is 24.7 Å². The molecule has 10 heteroatoms. The van der Waals surface area contributed by atoms with Gasteiger partial charge in [-0.1, -0.05) is 0 Å². The highest BCUT2D eigenvalue weighted by Gasteiger charge is 2.38. The number of amides is 1. The summed E-state index contributed by atoms with van der Waals surface area (Å²) in [5.41, 5.74) is 0. The molecule has 1 fully saturated rings. The van der Waals surface area contributed by atoms with Crippen molar-refractivity contribution in [3.05, 3.63) is 0 Å². The van der Waals surface area contributed by atoms with E-state index in [0.717, 1.165) is 13.0 Å². The van der Waals surface area contributed by atoms with Crippen molar-refractivity contribution in [2.24, 2.45) is 0 Å². The van der Waals surface area contributed by atoms with E-state index in [1.807, 2.05) is 0 Å². The fraction of sp³-hybridized carbons (Fsp3) is 0.833. The summed E-state index contributed by atoms with van der Waals surface area (Å²) < 4.78 is 37.2. The predicted molar refractivity (Wildman–Crippen MR) is 70.2 cm³/mol. The molecule has 1 aliphatic heterocycles. The number of carbonyl (C=O) groups is 2. The SMILES string of the molecule is CN(C)C(=O)[C@@H]1C[C@@H](OCCCO)CN1.O=C(O)C(F)(F)F. The third kappa shape index (κ3) is 8.15. The number of likely N-dealkylation sites (N-methyl/N-ethyl adjacent to an activating group) is 1. The van der Waals surface area contributed by atoms with Crippen molar-refractivity contribution in [2.45, 2.75) is 31.2 Å². The van der Waals surface area contributed by atoms with Gasteiger partial charge >= 0.3 is 12.1 Å². The van der Waals surface area contributed by atoms with Crippen LogP contribution in [-0.2, 0) is 14.3 Å². The van der Waals surface area contributed by atoms with Gasteiger partial charge in [0.1, 0.15) is 0 Å². The quantitative estimate of drug-likeness (QED) is 0.606. The van der Waals surface area contributed by atoms with Crippen LogP contribution in [0, 0.1) is 0 Å². The highest BCUT2D eigenvalue weighted by atomic mass is 19.4. The maximum Gasteiger partial charge on any atom is 0.490 e. The molecule has 22 heavy (non-hydrogen) atoms. The average molecular weight is 330 g/mol. The van der Waals surface area contributed by atoms with Crippen LogP contribution in [0.3, 0.4) is 0 Å². The number of carbonyl (C=O) groups excluding carboxylic acids is 1. The Hall–Kier alpha value is -1.39. The summed E-state index contributed by atoms with van der Waals surface area (Å²) in [6.07, 6.45) is -3.60. The fourth-order valence-corrected chi connectivity index (χ4v) is 1.64.